The van der Waals surface area contributed by atoms with Gasteiger partial charge in [-0.15, -0.1) is 0 Å². The highest BCUT2D eigenvalue weighted by Crippen LogP contribution is 2.26. The molecule has 0 spiro atoms. The predicted molar refractivity (Wildman–Crippen MR) is 83.9 cm³/mol. The largest absolute Gasteiger partial charge is 0.274 e. The minimum absolute atomic E-state index is 0.00995. The average molecular weight is 339 g/mol. The number of benzene rings is 1. The zero-order valence-corrected chi connectivity index (χ0v) is 13.6. The van der Waals surface area contributed by atoms with Crippen molar-refractivity contribution >= 4 is 38.7 Å². The summed E-state index contributed by atoms with van der Waals surface area (Å²) in [5.74, 6) is -0.146. The Morgan fingerprint density at radius 1 is 1.23 bits per heavy atom. The molecule has 1 amide bonds. The summed E-state index contributed by atoms with van der Waals surface area (Å²) < 4.78 is 35.0. The summed E-state index contributed by atoms with van der Waals surface area (Å²) in [4.78, 5) is 12.1. The summed E-state index contributed by atoms with van der Waals surface area (Å²) in [7, 11) is -3.90. The van der Waals surface area contributed by atoms with Crippen LogP contribution >= 0.6 is 11.7 Å². The Labute approximate surface area is 133 Å². The second-order valence-electron chi connectivity index (χ2n) is 5.62. The number of rotatable bonds is 4. The highest BCUT2D eigenvalue weighted by molar-refractivity contribution is 7.90. The molecule has 1 fully saturated rings. The van der Waals surface area contributed by atoms with Gasteiger partial charge in [-0.2, -0.15) is 8.75 Å². The Morgan fingerprint density at radius 2 is 2.00 bits per heavy atom. The number of nitrogens with zero attached hydrogens (tertiary/aromatic N) is 2. The van der Waals surface area contributed by atoms with Crippen molar-refractivity contribution in [2.45, 2.75) is 43.4 Å². The number of sulfonamides is 1. The highest BCUT2D eigenvalue weighted by Gasteiger charge is 2.24. The van der Waals surface area contributed by atoms with Crippen LogP contribution in [0.3, 0.4) is 0 Å². The van der Waals surface area contributed by atoms with Crippen LogP contribution in [-0.2, 0) is 14.8 Å². The molecule has 1 aliphatic rings. The molecule has 22 heavy (non-hydrogen) atoms. The predicted octanol–water partition coefficient (Wildman–Crippen LogP) is 2.47. The van der Waals surface area contributed by atoms with Crippen LogP contribution in [0, 0.1) is 5.92 Å². The van der Waals surface area contributed by atoms with E-state index in [1.165, 1.54) is 12.5 Å². The molecule has 0 saturated heterocycles. The van der Waals surface area contributed by atoms with Gasteiger partial charge in [-0.3, -0.25) is 4.79 Å². The molecule has 1 aromatic carbocycles. The van der Waals surface area contributed by atoms with Crippen LogP contribution in [-0.4, -0.2) is 23.1 Å². The second-order valence-corrected chi connectivity index (χ2v) is 7.80. The van der Waals surface area contributed by atoms with E-state index in [2.05, 4.69) is 13.5 Å². The quantitative estimate of drug-likeness (QED) is 0.924. The molecule has 1 N–H and O–H groups in total. The lowest BCUT2D eigenvalue weighted by molar-refractivity contribution is -0.120. The second kappa shape index (κ2) is 6.29. The topological polar surface area (TPSA) is 89.0 Å². The number of amides is 1. The van der Waals surface area contributed by atoms with Gasteiger partial charge in [0.1, 0.15) is 15.9 Å². The minimum Gasteiger partial charge on any atom is -0.274 e. The van der Waals surface area contributed by atoms with Gasteiger partial charge >= 0.3 is 0 Å². The summed E-state index contributed by atoms with van der Waals surface area (Å²) in [5, 5.41) is 0. The molecule has 1 aromatic heterocycles. The summed E-state index contributed by atoms with van der Waals surface area (Å²) in [6.07, 6.45) is 5.71. The maximum atomic E-state index is 12.4. The van der Waals surface area contributed by atoms with Crippen LogP contribution in [0.25, 0.3) is 11.0 Å². The van der Waals surface area contributed by atoms with Crippen molar-refractivity contribution in [3.05, 3.63) is 18.2 Å². The number of fused-ring (bicyclic) bond motifs is 1. The molecule has 0 unspecified atom stereocenters. The zero-order valence-electron chi connectivity index (χ0n) is 12.0. The monoisotopic (exact) mass is 339 g/mol. The van der Waals surface area contributed by atoms with Crippen molar-refractivity contribution in [1.29, 1.82) is 0 Å². The molecule has 2 aromatic rings. The Kier molecular flexibility index (Phi) is 4.39. The Hall–Kier alpha value is -1.54. The number of hydrogen-bond acceptors (Lipinski definition) is 6. The van der Waals surface area contributed by atoms with Gasteiger partial charge in [0.05, 0.1) is 11.7 Å². The standard InChI is InChI=1S/C14H17N3O3S2/c18-13(9-10-5-2-1-3-6-10)17-22(19,20)12-8-4-7-11-14(12)16-21-15-11/h4,7-8,10H,1-3,5-6,9H2,(H,17,18). The Bertz CT molecular complexity index is 779. The molecule has 1 heterocycles. The maximum absolute atomic E-state index is 12.4. The van der Waals surface area contributed by atoms with E-state index in [1.54, 1.807) is 12.1 Å². The third kappa shape index (κ3) is 3.27. The van der Waals surface area contributed by atoms with E-state index >= 15 is 0 Å². The lowest BCUT2D eigenvalue weighted by Gasteiger charge is -2.20. The van der Waals surface area contributed by atoms with Crippen LogP contribution in [0.4, 0.5) is 0 Å². The number of aromatic nitrogens is 2. The van der Waals surface area contributed by atoms with Crippen LogP contribution in [0.5, 0.6) is 0 Å². The molecule has 1 saturated carbocycles. The lowest BCUT2D eigenvalue weighted by atomic mass is 9.87. The first-order chi connectivity index (χ1) is 10.6. The van der Waals surface area contributed by atoms with E-state index in [0.29, 0.717) is 17.0 Å². The molecule has 1 aliphatic carbocycles. The lowest BCUT2D eigenvalue weighted by Crippen LogP contribution is -2.32. The average Bonchev–Trinajstić information content (AvgIpc) is 2.95. The summed E-state index contributed by atoms with van der Waals surface area (Å²) in [5.41, 5.74) is 0.832. The molecular formula is C14H17N3O3S2. The third-order valence-corrected chi connectivity index (χ3v) is 5.93. The van der Waals surface area contributed by atoms with Crippen molar-refractivity contribution in [1.82, 2.24) is 13.5 Å². The molecule has 6 nitrogen and oxygen atoms in total. The smallest absolute Gasteiger partial charge is 0.266 e. The summed E-state index contributed by atoms with van der Waals surface area (Å²) >= 11 is 0.953. The Balaban J connectivity index is 1.75. The van der Waals surface area contributed by atoms with Gasteiger partial charge < -0.3 is 0 Å². The molecule has 0 atom stereocenters. The first kappa shape index (κ1) is 15.4. The van der Waals surface area contributed by atoms with Gasteiger partial charge in [-0.1, -0.05) is 25.3 Å². The molecule has 0 aliphatic heterocycles. The van der Waals surface area contributed by atoms with Gasteiger partial charge in [0.2, 0.25) is 5.91 Å². The fourth-order valence-electron chi connectivity index (χ4n) is 2.90. The first-order valence-corrected chi connectivity index (χ1v) is 9.54. The molecular weight excluding hydrogens is 322 g/mol. The minimum atomic E-state index is -3.90. The fraction of sp³-hybridized carbons (Fsp3) is 0.500. The van der Waals surface area contributed by atoms with E-state index in [-0.39, 0.29) is 11.3 Å². The van der Waals surface area contributed by atoms with E-state index < -0.39 is 15.9 Å². The van der Waals surface area contributed by atoms with Crippen LogP contribution in [0.1, 0.15) is 38.5 Å². The number of carbonyl (C=O) groups excluding carboxylic acids is 1. The van der Waals surface area contributed by atoms with E-state index in [1.807, 2.05) is 0 Å². The van der Waals surface area contributed by atoms with Gasteiger partial charge in [0, 0.05) is 6.42 Å². The number of nitrogens with one attached hydrogen (secondary N) is 1. The van der Waals surface area contributed by atoms with Crippen LogP contribution in [0.15, 0.2) is 23.1 Å². The highest BCUT2D eigenvalue weighted by atomic mass is 32.2. The molecule has 118 valence electrons. The maximum Gasteiger partial charge on any atom is 0.266 e. The summed E-state index contributed by atoms with van der Waals surface area (Å²) in [6.45, 7) is 0. The van der Waals surface area contributed by atoms with Gasteiger partial charge in [0.25, 0.3) is 10.0 Å². The fourth-order valence-corrected chi connectivity index (χ4v) is 4.66. The molecule has 0 radical (unpaired) electrons. The van der Waals surface area contributed by atoms with Crippen molar-refractivity contribution < 1.29 is 13.2 Å². The Morgan fingerprint density at radius 3 is 2.77 bits per heavy atom. The normalized spacial score (nSPS) is 16.7. The molecule has 8 heteroatoms. The van der Waals surface area contributed by atoms with Crippen molar-refractivity contribution in [2.24, 2.45) is 5.92 Å². The van der Waals surface area contributed by atoms with Gasteiger partial charge in [-0.25, -0.2) is 13.1 Å². The zero-order chi connectivity index (χ0) is 15.6. The van der Waals surface area contributed by atoms with Gasteiger partial charge in [-0.05, 0) is 30.9 Å². The number of hydrogen-bond donors (Lipinski definition) is 1. The molecule has 0 bridgehead atoms. The first-order valence-electron chi connectivity index (χ1n) is 7.33. The van der Waals surface area contributed by atoms with E-state index in [0.717, 1.165) is 37.4 Å². The van der Waals surface area contributed by atoms with Crippen molar-refractivity contribution in [3.8, 4) is 0 Å². The third-order valence-electron chi connectivity index (χ3n) is 3.99. The number of carbonyl (C=O) groups is 1. The van der Waals surface area contributed by atoms with Crippen LogP contribution in [0.2, 0.25) is 0 Å². The molecule has 3 rings (SSSR count). The van der Waals surface area contributed by atoms with Crippen LogP contribution < -0.4 is 4.72 Å². The van der Waals surface area contributed by atoms with E-state index in [9.17, 15) is 13.2 Å². The SMILES string of the molecule is O=C(CC1CCCCC1)NS(=O)(=O)c1cccc2nsnc12. The van der Waals surface area contributed by atoms with Crippen molar-refractivity contribution in [3.63, 3.8) is 0 Å². The van der Waals surface area contributed by atoms with E-state index in [4.69, 9.17) is 0 Å². The van der Waals surface area contributed by atoms with Crippen molar-refractivity contribution in [2.75, 3.05) is 0 Å². The summed E-state index contributed by atoms with van der Waals surface area (Å²) in [6, 6.07) is 4.74. The van der Waals surface area contributed by atoms with Gasteiger partial charge in [0.15, 0.2) is 0 Å².